The lowest BCUT2D eigenvalue weighted by Crippen LogP contribution is -2.38. The number of nitrogens with zero attached hydrogens (tertiary/aromatic N) is 2. The molecular weight excluding hydrogens is 264 g/mol. The van der Waals surface area contributed by atoms with Crippen molar-refractivity contribution in [3.05, 3.63) is 12.3 Å². The van der Waals surface area contributed by atoms with Crippen LogP contribution >= 0.6 is 11.8 Å². The Morgan fingerprint density at radius 1 is 1.63 bits per heavy atom. The maximum Gasteiger partial charge on any atom is 0.304 e. The highest BCUT2D eigenvalue weighted by Crippen LogP contribution is 2.42. The molecule has 1 aromatic rings. The number of carboxylic acids is 1. The van der Waals surface area contributed by atoms with Crippen LogP contribution in [0.15, 0.2) is 17.2 Å². The number of carbonyl (C=O) groups is 1. The minimum Gasteiger partial charge on any atom is -0.486 e. The van der Waals surface area contributed by atoms with E-state index >= 15 is 0 Å². The van der Waals surface area contributed by atoms with Crippen LogP contribution in [0.25, 0.3) is 0 Å². The summed E-state index contributed by atoms with van der Waals surface area (Å²) in [6.45, 7) is 1.75. The summed E-state index contributed by atoms with van der Waals surface area (Å²) in [5.41, 5.74) is 0. The van der Waals surface area contributed by atoms with E-state index in [9.17, 15) is 4.79 Å². The number of fused-ring (bicyclic) bond motifs is 3. The summed E-state index contributed by atoms with van der Waals surface area (Å²) in [6, 6.07) is 2.36. The highest BCUT2D eigenvalue weighted by atomic mass is 32.2. The maximum absolute atomic E-state index is 10.6. The predicted octanol–water partition coefficient (Wildman–Crippen LogP) is 2.01. The fourth-order valence-electron chi connectivity index (χ4n) is 2.59. The largest absolute Gasteiger partial charge is 0.486 e. The second kappa shape index (κ2) is 5.28. The van der Waals surface area contributed by atoms with Crippen molar-refractivity contribution in [2.24, 2.45) is 0 Å². The molecule has 3 rings (SSSR count). The monoisotopic (exact) mass is 280 g/mol. The molecule has 102 valence electrons. The lowest BCUT2D eigenvalue weighted by Gasteiger charge is -2.33. The minimum atomic E-state index is -0.768. The molecule has 0 bridgehead atoms. The van der Waals surface area contributed by atoms with Gasteiger partial charge in [-0.2, -0.15) is 0 Å². The first-order valence-corrected chi connectivity index (χ1v) is 7.47. The van der Waals surface area contributed by atoms with Crippen molar-refractivity contribution in [2.75, 3.05) is 23.8 Å². The van der Waals surface area contributed by atoms with Gasteiger partial charge in [-0.05, 0) is 18.9 Å². The Morgan fingerprint density at radius 3 is 3.37 bits per heavy atom. The van der Waals surface area contributed by atoms with Crippen LogP contribution in [0, 0.1) is 0 Å². The first-order valence-electron chi connectivity index (χ1n) is 6.49. The SMILES string of the molecule is O=C(O)CCSc1ccnc2c1OC[C@@H]1CCCN21. The summed E-state index contributed by atoms with van der Waals surface area (Å²) < 4.78 is 5.85. The summed E-state index contributed by atoms with van der Waals surface area (Å²) in [6.07, 6.45) is 4.29. The van der Waals surface area contributed by atoms with Gasteiger partial charge in [0, 0.05) is 18.5 Å². The van der Waals surface area contributed by atoms with Crippen LogP contribution in [0.4, 0.5) is 5.82 Å². The molecule has 3 heterocycles. The van der Waals surface area contributed by atoms with E-state index in [4.69, 9.17) is 9.84 Å². The van der Waals surface area contributed by atoms with Crippen LogP contribution < -0.4 is 9.64 Å². The van der Waals surface area contributed by atoms with Crippen molar-refractivity contribution < 1.29 is 14.6 Å². The summed E-state index contributed by atoms with van der Waals surface area (Å²) in [4.78, 5) is 18.3. The van der Waals surface area contributed by atoms with E-state index < -0.39 is 5.97 Å². The molecule has 0 aromatic carbocycles. The second-order valence-corrected chi connectivity index (χ2v) is 5.89. The van der Waals surface area contributed by atoms with Gasteiger partial charge in [0.25, 0.3) is 0 Å². The molecule has 0 unspecified atom stereocenters. The number of ether oxygens (including phenoxy) is 1. The minimum absolute atomic E-state index is 0.161. The first-order chi connectivity index (χ1) is 9.25. The van der Waals surface area contributed by atoms with Crippen molar-refractivity contribution in [1.82, 2.24) is 4.98 Å². The number of thioether (sulfide) groups is 1. The van der Waals surface area contributed by atoms with Gasteiger partial charge in [0.2, 0.25) is 0 Å². The van der Waals surface area contributed by atoms with Crippen molar-refractivity contribution in [3.8, 4) is 5.75 Å². The zero-order valence-electron chi connectivity index (χ0n) is 10.5. The zero-order chi connectivity index (χ0) is 13.2. The summed E-state index contributed by atoms with van der Waals surface area (Å²) in [5, 5.41) is 8.69. The van der Waals surface area contributed by atoms with E-state index in [0.29, 0.717) is 18.4 Å². The van der Waals surface area contributed by atoms with Gasteiger partial charge < -0.3 is 14.7 Å². The molecule has 1 saturated heterocycles. The quantitative estimate of drug-likeness (QED) is 0.851. The van der Waals surface area contributed by atoms with Crippen LogP contribution in [0.5, 0.6) is 5.75 Å². The van der Waals surface area contributed by atoms with Gasteiger partial charge >= 0.3 is 5.97 Å². The van der Waals surface area contributed by atoms with Gasteiger partial charge in [0.15, 0.2) is 11.6 Å². The number of anilines is 1. The highest BCUT2D eigenvalue weighted by Gasteiger charge is 2.33. The van der Waals surface area contributed by atoms with Gasteiger partial charge in [-0.1, -0.05) is 0 Å². The van der Waals surface area contributed by atoms with Gasteiger partial charge in [0.1, 0.15) is 6.61 Å². The maximum atomic E-state index is 10.6. The normalized spacial score (nSPS) is 20.6. The molecule has 5 nitrogen and oxygen atoms in total. The second-order valence-electron chi connectivity index (χ2n) is 4.75. The lowest BCUT2D eigenvalue weighted by atomic mass is 10.2. The molecule has 19 heavy (non-hydrogen) atoms. The number of carboxylic acid groups (broad SMARTS) is 1. The van der Waals surface area contributed by atoms with Crippen molar-refractivity contribution >= 4 is 23.5 Å². The average Bonchev–Trinajstić information content (AvgIpc) is 2.87. The Bertz CT molecular complexity index is 495. The molecule has 0 saturated carbocycles. The number of hydrogen-bond acceptors (Lipinski definition) is 5. The van der Waals surface area contributed by atoms with E-state index in [1.165, 1.54) is 18.2 Å². The summed E-state index contributed by atoms with van der Waals surface area (Å²) in [5.74, 6) is 1.54. The smallest absolute Gasteiger partial charge is 0.304 e. The van der Waals surface area contributed by atoms with Gasteiger partial charge in [-0.3, -0.25) is 4.79 Å². The zero-order valence-corrected chi connectivity index (χ0v) is 11.4. The predicted molar refractivity (Wildman–Crippen MR) is 73.1 cm³/mol. The Morgan fingerprint density at radius 2 is 2.53 bits per heavy atom. The van der Waals surface area contributed by atoms with Gasteiger partial charge in [-0.15, -0.1) is 11.8 Å². The molecule has 2 aliphatic rings. The third-order valence-electron chi connectivity index (χ3n) is 3.49. The van der Waals surface area contributed by atoms with Crippen molar-refractivity contribution in [1.29, 1.82) is 0 Å². The molecule has 0 amide bonds. The highest BCUT2D eigenvalue weighted by molar-refractivity contribution is 7.99. The Balaban J connectivity index is 1.79. The fraction of sp³-hybridized carbons (Fsp3) is 0.538. The first kappa shape index (κ1) is 12.6. The average molecular weight is 280 g/mol. The molecule has 1 atom stereocenters. The molecule has 0 radical (unpaired) electrons. The van der Waals surface area contributed by atoms with E-state index in [2.05, 4.69) is 9.88 Å². The van der Waals surface area contributed by atoms with Crippen LogP contribution in [0.3, 0.4) is 0 Å². The molecule has 0 spiro atoms. The van der Waals surface area contributed by atoms with Crippen molar-refractivity contribution in [3.63, 3.8) is 0 Å². The molecule has 2 aliphatic heterocycles. The Kier molecular flexibility index (Phi) is 3.50. The van der Waals surface area contributed by atoms with Crippen LogP contribution in [-0.2, 0) is 4.79 Å². The van der Waals surface area contributed by atoms with E-state index in [0.717, 1.165) is 29.4 Å². The van der Waals surface area contributed by atoms with Gasteiger partial charge in [-0.25, -0.2) is 4.98 Å². The third kappa shape index (κ3) is 2.49. The van der Waals surface area contributed by atoms with E-state index in [1.807, 2.05) is 6.07 Å². The molecule has 1 aromatic heterocycles. The molecule has 6 heteroatoms. The standard InChI is InChI=1S/C13H16N2O3S/c16-11(17)4-7-19-10-3-5-14-13-12(10)18-8-9-2-1-6-15(9)13/h3,5,9H,1-2,4,6-8H2,(H,16,17)/t9-/m0/s1. The van der Waals surface area contributed by atoms with Crippen LogP contribution in [0.2, 0.25) is 0 Å². The number of rotatable bonds is 4. The summed E-state index contributed by atoms with van der Waals surface area (Å²) in [7, 11) is 0. The van der Waals surface area contributed by atoms with E-state index in [1.54, 1.807) is 6.20 Å². The van der Waals surface area contributed by atoms with Crippen LogP contribution in [-0.4, -0.2) is 41.0 Å². The molecule has 1 fully saturated rings. The Labute approximate surface area is 116 Å². The van der Waals surface area contributed by atoms with Gasteiger partial charge in [0.05, 0.1) is 17.4 Å². The van der Waals surface area contributed by atoms with Crippen molar-refractivity contribution in [2.45, 2.75) is 30.2 Å². The van der Waals surface area contributed by atoms with E-state index in [-0.39, 0.29) is 6.42 Å². The summed E-state index contributed by atoms with van der Waals surface area (Å²) >= 11 is 1.53. The van der Waals surface area contributed by atoms with Crippen LogP contribution in [0.1, 0.15) is 19.3 Å². The number of aliphatic carboxylic acids is 1. The topological polar surface area (TPSA) is 62.7 Å². The molecule has 1 N–H and O–H groups in total. The third-order valence-corrected chi connectivity index (χ3v) is 4.53. The lowest BCUT2D eigenvalue weighted by molar-refractivity contribution is -0.136. The fourth-order valence-corrected chi connectivity index (χ4v) is 3.52. The number of hydrogen-bond donors (Lipinski definition) is 1. The number of pyridine rings is 1. The molecular formula is C13H16N2O3S. The molecule has 0 aliphatic carbocycles. The Hall–Kier alpha value is -1.43. The number of aromatic nitrogens is 1.